The van der Waals surface area contributed by atoms with Crippen molar-refractivity contribution in [2.24, 2.45) is 0 Å². The second-order valence-corrected chi connectivity index (χ2v) is 6.56. The minimum absolute atomic E-state index is 0.130. The zero-order valence-corrected chi connectivity index (χ0v) is 14.8. The van der Waals surface area contributed by atoms with Crippen LogP contribution in [0.1, 0.15) is 16.1 Å². The summed E-state index contributed by atoms with van der Waals surface area (Å²) in [7, 11) is 0. The van der Waals surface area contributed by atoms with Crippen LogP contribution in [0.15, 0.2) is 57.7 Å². The van der Waals surface area contributed by atoms with Crippen molar-refractivity contribution in [1.82, 2.24) is 15.0 Å². The van der Waals surface area contributed by atoms with E-state index in [0.717, 1.165) is 31.6 Å². The first kappa shape index (κ1) is 17.5. The van der Waals surface area contributed by atoms with E-state index in [2.05, 4.69) is 10.1 Å². The number of aromatic nitrogens is 1. The topological polar surface area (TPSA) is 62.7 Å². The van der Waals surface area contributed by atoms with Gasteiger partial charge < -0.3 is 13.8 Å². The number of halogens is 1. The van der Waals surface area contributed by atoms with Gasteiger partial charge in [-0.1, -0.05) is 17.3 Å². The Balaban J connectivity index is 1.28. The molecule has 1 fully saturated rings. The van der Waals surface area contributed by atoms with Gasteiger partial charge in [0, 0.05) is 38.8 Å². The Morgan fingerprint density at radius 1 is 1.07 bits per heavy atom. The van der Waals surface area contributed by atoms with Crippen molar-refractivity contribution in [3.8, 4) is 11.5 Å². The second-order valence-electron chi connectivity index (χ2n) is 6.56. The van der Waals surface area contributed by atoms with Crippen LogP contribution < -0.4 is 0 Å². The molecule has 0 radical (unpaired) electrons. The van der Waals surface area contributed by atoms with E-state index in [4.69, 9.17) is 8.94 Å². The Bertz CT molecular complexity index is 882. The predicted molar refractivity (Wildman–Crippen MR) is 96.7 cm³/mol. The van der Waals surface area contributed by atoms with Gasteiger partial charge in [0.2, 0.25) is 5.76 Å². The molecule has 1 aromatic carbocycles. The largest absolute Gasteiger partial charge is 0.461 e. The molecule has 27 heavy (non-hydrogen) atoms. The third-order valence-electron chi connectivity index (χ3n) is 4.78. The average Bonchev–Trinajstić information content (AvgIpc) is 3.39. The van der Waals surface area contributed by atoms with E-state index in [0.29, 0.717) is 30.3 Å². The quantitative estimate of drug-likeness (QED) is 0.692. The van der Waals surface area contributed by atoms with Crippen LogP contribution in [0.2, 0.25) is 0 Å². The van der Waals surface area contributed by atoms with E-state index in [1.807, 2.05) is 12.1 Å². The summed E-state index contributed by atoms with van der Waals surface area (Å²) in [6.45, 7) is 3.78. The van der Waals surface area contributed by atoms with E-state index in [-0.39, 0.29) is 11.7 Å². The standard InChI is InChI=1S/C20H20FN3O3/c21-16-5-3-15(4-6-16)7-8-23-9-11-24(12-10-23)20(25)17-14-19(27-22-17)18-2-1-13-26-18/h1-6,13-14H,7-12H2. The third-order valence-corrected chi connectivity index (χ3v) is 4.78. The molecule has 3 heterocycles. The SMILES string of the molecule is O=C(c1cc(-c2ccco2)on1)N1CCN(CCc2ccc(F)cc2)CC1. The van der Waals surface area contributed by atoms with Crippen LogP contribution in [0.4, 0.5) is 4.39 Å². The Kier molecular flexibility index (Phi) is 5.02. The molecule has 0 spiro atoms. The van der Waals surface area contributed by atoms with Gasteiger partial charge in [-0.3, -0.25) is 9.69 Å². The van der Waals surface area contributed by atoms with Crippen molar-refractivity contribution < 1.29 is 18.1 Å². The van der Waals surface area contributed by atoms with E-state index >= 15 is 0 Å². The second kappa shape index (κ2) is 7.75. The molecule has 0 atom stereocenters. The van der Waals surface area contributed by atoms with Crippen LogP contribution >= 0.6 is 0 Å². The third kappa shape index (κ3) is 4.09. The highest BCUT2D eigenvalue weighted by atomic mass is 19.1. The van der Waals surface area contributed by atoms with Crippen molar-refractivity contribution >= 4 is 5.91 Å². The van der Waals surface area contributed by atoms with Gasteiger partial charge in [-0.05, 0) is 36.2 Å². The van der Waals surface area contributed by atoms with Gasteiger partial charge in [-0.15, -0.1) is 0 Å². The van der Waals surface area contributed by atoms with Crippen LogP contribution in [0.3, 0.4) is 0 Å². The highest BCUT2D eigenvalue weighted by molar-refractivity contribution is 5.93. The van der Waals surface area contributed by atoms with E-state index < -0.39 is 0 Å². The maximum absolute atomic E-state index is 13.0. The fourth-order valence-electron chi connectivity index (χ4n) is 3.19. The molecule has 4 rings (SSSR count). The van der Waals surface area contributed by atoms with Crippen molar-refractivity contribution in [3.05, 3.63) is 65.8 Å². The van der Waals surface area contributed by atoms with Gasteiger partial charge in [0.25, 0.3) is 5.91 Å². The van der Waals surface area contributed by atoms with E-state index in [9.17, 15) is 9.18 Å². The number of nitrogens with zero attached hydrogens (tertiary/aromatic N) is 3. The molecule has 6 nitrogen and oxygen atoms in total. The van der Waals surface area contributed by atoms with Crippen molar-refractivity contribution in [1.29, 1.82) is 0 Å². The number of amides is 1. The van der Waals surface area contributed by atoms with Gasteiger partial charge in [0.1, 0.15) is 5.82 Å². The molecule has 1 amide bonds. The van der Waals surface area contributed by atoms with Crippen LogP contribution in [0.25, 0.3) is 11.5 Å². The normalized spacial score (nSPS) is 15.2. The first-order valence-corrected chi connectivity index (χ1v) is 8.96. The van der Waals surface area contributed by atoms with Gasteiger partial charge in [0.15, 0.2) is 11.5 Å². The van der Waals surface area contributed by atoms with Crippen LogP contribution in [-0.4, -0.2) is 53.6 Å². The molecular weight excluding hydrogens is 349 g/mol. The summed E-state index contributed by atoms with van der Waals surface area (Å²) in [5.41, 5.74) is 1.41. The summed E-state index contributed by atoms with van der Waals surface area (Å²) in [5.74, 6) is 0.650. The first-order chi connectivity index (χ1) is 13.2. The molecule has 0 unspecified atom stereocenters. The molecular formula is C20H20FN3O3. The van der Waals surface area contributed by atoms with Crippen LogP contribution in [-0.2, 0) is 6.42 Å². The Morgan fingerprint density at radius 2 is 1.85 bits per heavy atom. The van der Waals surface area contributed by atoms with Gasteiger partial charge in [0.05, 0.1) is 6.26 Å². The number of rotatable bonds is 5. The minimum Gasteiger partial charge on any atom is -0.461 e. The minimum atomic E-state index is -0.214. The zero-order valence-electron chi connectivity index (χ0n) is 14.8. The fraction of sp³-hybridized carbons (Fsp3) is 0.300. The van der Waals surface area contributed by atoms with Crippen LogP contribution in [0.5, 0.6) is 0 Å². The molecule has 2 aromatic heterocycles. The van der Waals surface area contributed by atoms with Crippen molar-refractivity contribution in [2.45, 2.75) is 6.42 Å². The highest BCUT2D eigenvalue weighted by Crippen LogP contribution is 2.21. The summed E-state index contributed by atoms with van der Waals surface area (Å²) in [6.07, 6.45) is 2.41. The summed E-state index contributed by atoms with van der Waals surface area (Å²) in [5, 5.41) is 3.88. The van der Waals surface area contributed by atoms with Crippen molar-refractivity contribution in [2.75, 3.05) is 32.7 Å². The zero-order chi connectivity index (χ0) is 18.6. The summed E-state index contributed by atoms with van der Waals surface area (Å²) < 4.78 is 23.4. The lowest BCUT2D eigenvalue weighted by Gasteiger charge is -2.34. The molecule has 1 saturated heterocycles. The average molecular weight is 369 g/mol. The Hall–Kier alpha value is -2.93. The number of hydrogen-bond acceptors (Lipinski definition) is 5. The number of piperazine rings is 1. The van der Waals surface area contributed by atoms with Gasteiger partial charge in [-0.25, -0.2) is 4.39 Å². The monoisotopic (exact) mass is 369 g/mol. The Labute approximate surface area is 156 Å². The van der Waals surface area contributed by atoms with Gasteiger partial charge in [-0.2, -0.15) is 0 Å². The van der Waals surface area contributed by atoms with E-state index in [1.165, 1.54) is 12.1 Å². The summed E-state index contributed by atoms with van der Waals surface area (Å²) >= 11 is 0. The first-order valence-electron chi connectivity index (χ1n) is 8.96. The summed E-state index contributed by atoms with van der Waals surface area (Å²) in [4.78, 5) is 16.7. The predicted octanol–water partition coefficient (Wildman–Crippen LogP) is 3.07. The molecule has 0 aliphatic carbocycles. The van der Waals surface area contributed by atoms with E-state index in [1.54, 1.807) is 29.4 Å². The summed E-state index contributed by atoms with van der Waals surface area (Å²) in [6, 6.07) is 11.7. The lowest BCUT2D eigenvalue weighted by atomic mass is 10.1. The maximum atomic E-state index is 13.0. The highest BCUT2D eigenvalue weighted by Gasteiger charge is 2.25. The fourth-order valence-corrected chi connectivity index (χ4v) is 3.19. The number of carbonyl (C=O) groups excluding carboxylic acids is 1. The maximum Gasteiger partial charge on any atom is 0.276 e. The van der Waals surface area contributed by atoms with Crippen LogP contribution in [0, 0.1) is 5.82 Å². The lowest BCUT2D eigenvalue weighted by molar-refractivity contribution is 0.0628. The number of benzene rings is 1. The molecule has 0 N–H and O–H groups in total. The molecule has 1 aliphatic heterocycles. The molecule has 0 bridgehead atoms. The Morgan fingerprint density at radius 3 is 2.56 bits per heavy atom. The number of hydrogen-bond donors (Lipinski definition) is 0. The smallest absolute Gasteiger partial charge is 0.276 e. The number of furan rings is 1. The molecule has 1 aliphatic rings. The molecule has 7 heteroatoms. The van der Waals surface area contributed by atoms with Crippen molar-refractivity contribution in [3.63, 3.8) is 0 Å². The molecule has 140 valence electrons. The lowest BCUT2D eigenvalue weighted by Crippen LogP contribution is -2.49. The number of carbonyl (C=O) groups is 1. The molecule has 0 saturated carbocycles. The molecule has 3 aromatic rings. The van der Waals surface area contributed by atoms with Gasteiger partial charge >= 0.3 is 0 Å².